The van der Waals surface area contributed by atoms with Gasteiger partial charge in [0.05, 0.1) is 50.5 Å². The van der Waals surface area contributed by atoms with E-state index in [9.17, 15) is 0 Å². The summed E-state index contributed by atoms with van der Waals surface area (Å²) < 4.78 is 4.90. The Kier molecular flexibility index (Phi) is 8.35. The van der Waals surface area contributed by atoms with Crippen LogP contribution in [0.4, 0.5) is 17.1 Å². The molecule has 0 unspecified atom stereocenters. The molecule has 13 rings (SSSR count). The second-order valence-electron chi connectivity index (χ2n) is 16.0. The Morgan fingerprint density at radius 3 is 1.03 bits per heavy atom. The number of para-hydroxylation sites is 6. The highest BCUT2D eigenvalue weighted by Gasteiger charge is 2.32. The van der Waals surface area contributed by atoms with Gasteiger partial charge in [0.25, 0.3) is 0 Å². The topological polar surface area (TPSA) is 51.8 Å². The first-order valence-corrected chi connectivity index (χ1v) is 22.3. The molecule has 0 saturated carbocycles. The smallest absolute Gasteiger partial charge is 0.164 e. The van der Waals surface area contributed by atoms with E-state index in [1.54, 1.807) is 0 Å². The van der Waals surface area contributed by atoms with Crippen molar-refractivity contribution in [3.8, 4) is 45.5 Å². The first-order valence-electron chi connectivity index (χ1n) is 21.5. The number of nitrogens with zero attached hydrogens (tertiary/aromatic N) is 6. The second kappa shape index (κ2) is 14.7. The van der Waals surface area contributed by atoms with Crippen molar-refractivity contribution in [2.24, 2.45) is 0 Å². The van der Waals surface area contributed by atoms with E-state index in [1.165, 1.54) is 31.3 Å². The minimum absolute atomic E-state index is 0.582. The van der Waals surface area contributed by atoms with Crippen molar-refractivity contribution in [1.82, 2.24) is 24.1 Å². The van der Waals surface area contributed by atoms with Gasteiger partial charge in [-0.05, 0) is 60.7 Å². The van der Waals surface area contributed by atoms with Crippen LogP contribution in [0.3, 0.4) is 0 Å². The van der Waals surface area contributed by atoms with Gasteiger partial charge in [-0.3, -0.25) is 0 Å². The first kappa shape index (κ1) is 36.4. The quantitative estimate of drug-likeness (QED) is 0.167. The van der Waals surface area contributed by atoms with Crippen LogP contribution in [-0.2, 0) is 0 Å². The molecule has 4 heterocycles. The van der Waals surface area contributed by atoms with Crippen molar-refractivity contribution >= 4 is 72.4 Å². The fourth-order valence-corrected chi connectivity index (χ4v) is 10.6. The first-order chi connectivity index (χ1) is 31.8. The number of aromatic nitrogens is 5. The molecular weight excluding hydrogens is 801 g/mol. The summed E-state index contributed by atoms with van der Waals surface area (Å²) in [4.78, 5) is 20.7. The van der Waals surface area contributed by atoms with Crippen molar-refractivity contribution in [2.45, 2.75) is 9.79 Å². The third kappa shape index (κ3) is 5.71. The molecule has 9 aromatic carbocycles. The lowest BCUT2D eigenvalue weighted by molar-refractivity contribution is 1.06. The Balaban J connectivity index is 1.24. The van der Waals surface area contributed by atoms with Gasteiger partial charge in [-0.15, -0.1) is 0 Å². The normalized spacial score (nSPS) is 12.3. The molecular formula is C57H36N6S. The Morgan fingerprint density at radius 2 is 0.625 bits per heavy atom. The van der Waals surface area contributed by atoms with Crippen LogP contribution in [0.15, 0.2) is 228 Å². The van der Waals surface area contributed by atoms with E-state index in [2.05, 4.69) is 196 Å². The summed E-state index contributed by atoms with van der Waals surface area (Å²) in [5.41, 5.74) is 12.4. The summed E-state index contributed by atoms with van der Waals surface area (Å²) in [7, 11) is 0. The molecule has 6 nitrogen and oxygen atoms in total. The number of fused-ring (bicyclic) bond motifs is 8. The summed E-state index contributed by atoms with van der Waals surface area (Å²) in [6, 6.07) is 77.6. The van der Waals surface area contributed by atoms with Crippen molar-refractivity contribution < 1.29 is 0 Å². The van der Waals surface area contributed by atoms with E-state index in [1.807, 2.05) is 48.2 Å². The molecule has 1 aliphatic rings. The maximum atomic E-state index is 5.35. The van der Waals surface area contributed by atoms with Crippen molar-refractivity contribution in [2.75, 3.05) is 4.90 Å². The van der Waals surface area contributed by atoms with Gasteiger partial charge in [-0.25, -0.2) is 15.0 Å². The monoisotopic (exact) mass is 836 g/mol. The van der Waals surface area contributed by atoms with Crippen LogP contribution in [0.25, 0.3) is 89.2 Å². The highest BCUT2D eigenvalue weighted by atomic mass is 32.2. The molecule has 0 amide bonds. The van der Waals surface area contributed by atoms with Gasteiger partial charge < -0.3 is 14.0 Å². The largest absolute Gasteiger partial charge is 0.307 e. The van der Waals surface area contributed by atoms with Crippen LogP contribution < -0.4 is 4.90 Å². The third-order valence-corrected chi connectivity index (χ3v) is 13.5. The summed E-state index contributed by atoms with van der Waals surface area (Å²) >= 11 is 1.81. The number of anilines is 3. The molecule has 0 spiro atoms. The van der Waals surface area contributed by atoms with Crippen molar-refractivity contribution in [3.63, 3.8) is 0 Å². The Morgan fingerprint density at radius 1 is 0.297 bits per heavy atom. The minimum Gasteiger partial charge on any atom is -0.307 e. The fraction of sp³-hybridized carbons (Fsp3) is 0. The molecule has 0 atom stereocenters. The number of hydrogen-bond acceptors (Lipinski definition) is 5. The molecule has 0 radical (unpaired) electrons. The van der Waals surface area contributed by atoms with Gasteiger partial charge >= 0.3 is 0 Å². The highest BCUT2D eigenvalue weighted by Crippen LogP contribution is 2.55. The van der Waals surface area contributed by atoms with Crippen LogP contribution in [0.2, 0.25) is 0 Å². The zero-order chi connectivity index (χ0) is 42.1. The third-order valence-electron chi connectivity index (χ3n) is 12.3. The van der Waals surface area contributed by atoms with E-state index < -0.39 is 0 Å². The standard InChI is InChI=1S/C57H36N6S/c1-3-19-37(20-4-1)55-58-56(38-21-5-2-6-22-38)60-57(59-55)39-35-50(61-44-27-11-7-23-40(44)41-24-8-12-28-45(41)61)54(63-48-31-15-17-33-52(48)64-53-34-18-16-32-49(53)63)51(36-39)62-46-29-13-9-25-42(46)43-26-10-14-30-47(43)62/h1-36H. The average Bonchev–Trinajstić information content (AvgIpc) is 3.89. The van der Waals surface area contributed by atoms with Crippen molar-refractivity contribution in [3.05, 3.63) is 218 Å². The predicted molar refractivity (Wildman–Crippen MR) is 264 cm³/mol. The average molecular weight is 837 g/mol. The molecule has 3 aromatic heterocycles. The Bertz CT molecular complexity index is 3430. The van der Waals surface area contributed by atoms with Gasteiger partial charge in [0.1, 0.15) is 0 Å². The Hall–Kier alpha value is -8.26. The molecule has 7 heteroatoms. The zero-order valence-electron chi connectivity index (χ0n) is 34.4. The molecule has 0 fully saturated rings. The van der Waals surface area contributed by atoms with E-state index in [0.717, 1.165) is 67.2 Å². The van der Waals surface area contributed by atoms with Crippen LogP contribution >= 0.6 is 11.8 Å². The summed E-state index contributed by atoms with van der Waals surface area (Å²) in [6.07, 6.45) is 0. The molecule has 1 aliphatic heterocycles. The molecule has 0 saturated heterocycles. The highest BCUT2D eigenvalue weighted by molar-refractivity contribution is 7.99. The maximum absolute atomic E-state index is 5.35. The van der Waals surface area contributed by atoms with Gasteiger partial charge in [0, 0.05) is 48.0 Å². The van der Waals surface area contributed by atoms with Gasteiger partial charge in [0.15, 0.2) is 17.5 Å². The van der Waals surface area contributed by atoms with Crippen LogP contribution in [0.5, 0.6) is 0 Å². The molecule has 64 heavy (non-hydrogen) atoms. The lowest BCUT2D eigenvalue weighted by Crippen LogP contribution is -2.19. The lowest BCUT2D eigenvalue weighted by Gasteiger charge is -2.36. The van der Waals surface area contributed by atoms with E-state index in [-0.39, 0.29) is 0 Å². The van der Waals surface area contributed by atoms with Gasteiger partial charge in [-0.2, -0.15) is 0 Å². The molecule has 300 valence electrons. The number of rotatable bonds is 6. The second-order valence-corrected chi connectivity index (χ2v) is 17.1. The van der Waals surface area contributed by atoms with E-state index in [0.29, 0.717) is 17.5 Å². The molecule has 0 aliphatic carbocycles. The minimum atomic E-state index is 0.582. The van der Waals surface area contributed by atoms with E-state index in [4.69, 9.17) is 15.0 Å². The predicted octanol–water partition coefficient (Wildman–Crippen LogP) is 15.0. The van der Waals surface area contributed by atoms with Crippen LogP contribution in [0, 0.1) is 0 Å². The van der Waals surface area contributed by atoms with Crippen LogP contribution in [0.1, 0.15) is 0 Å². The lowest BCUT2D eigenvalue weighted by atomic mass is 10.0. The fourth-order valence-electron chi connectivity index (χ4n) is 9.55. The van der Waals surface area contributed by atoms with E-state index >= 15 is 0 Å². The molecule has 0 N–H and O–H groups in total. The Labute approximate surface area is 373 Å². The van der Waals surface area contributed by atoms with Crippen molar-refractivity contribution in [1.29, 1.82) is 0 Å². The summed E-state index contributed by atoms with van der Waals surface area (Å²) in [5.74, 6) is 1.81. The zero-order valence-corrected chi connectivity index (χ0v) is 35.2. The van der Waals surface area contributed by atoms with Crippen LogP contribution in [-0.4, -0.2) is 24.1 Å². The molecule has 0 bridgehead atoms. The summed E-state index contributed by atoms with van der Waals surface area (Å²) in [6.45, 7) is 0. The van der Waals surface area contributed by atoms with Gasteiger partial charge in [-0.1, -0.05) is 169 Å². The number of hydrogen-bond donors (Lipinski definition) is 0. The molecule has 12 aromatic rings. The summed E-state index contributed by atoms with van der Waals surface area (Å²) in [5, 5.41) is 4.73. The number of benzene rings is 9. The SMILES string of the molecule is c1ccc(-c2nc(-c3ccccc3)nc(-c3cc(-n4c5ccccc5c5ccccc54)c(N4c5ccccc5Sc5ccccc54)c(-n4c5ccccc5c5ccccc54)c3)n2)cc1. The van der Waals surface area contributed by atoms with Gasteiger partial charge in [0.2, 0.25) is 0 Å². The maximum Gasteiger partial charge on any atom is 0.164 e.